The fraction of sp³-hybridized carbons (Fsp3) is 0.625. The number of rotatable bonds is 6. The topological polar surface area (TPSA) is 85.9 Å². The third kappa shape index (κ3) is 25.2. The number of nitrogens with one attached hydrogen (secondary N) is 1. The fourth-order valence-electron chi connectivity index (χ4n) is 0.473. The zero-order chi connectivity index (χ0) is 10.4. The van der Waals surface area contributed by atoms with E-state index in [0.29, 0.717) is 26.2 Å². The molecule has 0 saturated carbocycles. The van der Waals surface area contributed by atoms with E-state index in [1.165, 1.54) is 6.92 Å². The summed E-state index contributed by atoms with van der Waals surface area (Å²) in [5.41, 5.74) is 0. The van der Waals surface area contributed by atoms with E-state index in [0.717, 1.165) is 6.42 Å². The van der Waals surface area contributed by atoms with Gasteiger partial charge in [-0.05, 0) is 13.0 Å². The Morgan fingerprint density at radius 3 is 2.62 bits per heavy atom. The lowest BCUT2D eigenvalue weighted by molar-refractivity contribution is -0.128. The molecule has 0 heterocycles. The van der Waals surface area contributed by atoms with Crippen molar-refractivity contribution in [2.45, 2.75) is 13.3 Å². The summed E-state index contributed by atoms with van der Waals surface area (Å²) >= 11 is 0. The van der Waals surface area contributed by atoms with Gasteiger partial charge in [0, 0.05) is 6.92 Å². The first-order valence-electron chi connectivity index (χ1n) is 3.77. The summed E-state index contributed by atoms with van der Waals surface area (Å²) < 4.78 is 4.41. The lowest BCUT2D eigenvalue weighted by atomic mass is 10.4. The molecule has 1 N–H and O–H groups in total. The minimum atomic E-state index is 0.348. The minimum absolute atomic E-state index is 0.348. The smallest absolute Gasteiger partial charge is 0.293 e. The summed E-state index contributed by atoms with van der Waals surface area (Å²) in [6.07, 6.45) is 0.750. The molecular weight excluding hydrogens is 170 g/mol. The molecule has 0 aromatic rings. The molecule has 0 aromatic heterocycles. The Bertz CT molecular complexity index is 181. The normalized spacial score (nSPS) is 7.00. The van der Waals surface area contributed by atoms with Crippen LogP contribution in [0.15, 0.2) is 0 Å². The van der Waals surface area contributed by atoms with Gasteiger partial charge in [0.1, 0.15) is 0 Å². The van der Waals surface area contributed by atoms with Crippen LogP contribution in [0, 0.1) is 22.7 Å². The zero-order valence-corrected chi connectivity index (χ0v) is 7.62. The molecular formula is C8H13N3O2. The molecule has 13 heavy (non-hydrogen) atoms. The molecule has 0 amide bonds. The van der Waals surface area contributed by atoms with Crippen molar-refractivity contribution < 1.29 is 9.53 Å². The number of hydrogen-bond acceptors (Lipinski definition) is 5. The SMILES string of the molecule is CC#N.N#CCNCCCOC=O. The average Bonchev–Trinajstić information content (AvgIpc) is 2.13. The van der Waals surface area contributed by atoms with Gasteiger partial charge in [0.15, 0.2) is 0 Å². The molecule has 0 fully saturated rings. The molecule has 0 aliphatic rings. The second kappa shape index (κ2) is 16.8. The number of carbonyl (C=O) groups excluding carboxylic acids is 1. The molecule has 72 valence electrons. The average molecular weight is 183 g/mol. The van der Waals surface area contributed by atoms with Gasteiger partial charge < -0.3 is 10.1 Å². The lowest BCUT2D eigenvalue weighted by Crippen LogP contribution is -2.16. The fourth-order valence-corrected chi connectivity index (χ4v) is 0.473. The summed E-state index contributed by atoms with van der Waals surface area (Å²) in [6.45, 7) is 3.33. The Morgan fingerprint density at radius 1 is 1.54 bits per heavy atom. The van der Waals surface area contributed by atoms with E-state index >= 15 is 0 Å². The minimum Gasteiger partial charge on any atom is -0.468 e. The highest BCUT2D eigenvalue weighted by molar-refractivity contribution is 5.36. The molecule has 0 aromatic carbocycles. The molecule has 0 bridgehead atoms. The first-order valence-corrected chi connectivity index (χ1v) is 3.77. The quantitative estimate of drug-likeness (QED) is 0.361. The van der Waals surface area contributed by atoms with E-state index in [1.807, 2.05) is 6.07 Å². The van der Waals surface area contributed by atoms with Gasteiger partial charge in [-0.1, -0.05) is 0 Å². The van der Waals surface area contributed by atoms with Crippen molar-refractivity contribution in [2.75, 3.05) is 19.7 Å². The number of hydrogen-bond donors (Lipinski definition) is 1. The molecule has 0 unspecified atom stereocenters. The Morgan fingerprint density at radius 2 is 2.15 bits per heavy atom. The van der Waals surface area contributed by atoms with E-state index < -0.39 is 0 Å². The monoisotopic (exact) mass is 183 g/mol. The van der Waals surface area contributed by atoms with Crippen molar-refractivity contribution in [1.29, 1.82) is 10.5 Å². The molecule has 0 spiro atoms. The Labute approximate surface area is 77.9 Å². The lowest BCUT2D eigenvalue weighted by Gasteiger charge is -1.97. The number of nitrogens with zero attached hydrogens (tertiary/aromatic N) is 2. The van der Waals surface area contributed by atoms with Crippen LogP contribution < -0.4 is 5.32 Å². The maximum atomic E-state index is 9.60. The van der Waals surface area contributed by atoms with E-state index in [9.17, 15) is 4.79 Å². The van der Waals surface area contributed by atoms with Gasteiger partial charge >= 0.3 is 0 Å². The van der Waals surface area contributed by atoms with Crippen LogP contribution in [-0.4, -0.2) is 26.2 Å². The van der Waals surface area contributed by atoms with Crippen LogP contribution in [-0.2, 0) is 9.53 Å². The number of carbonyl (C=O) groups is 1. The van der Waals surface area contributed by atoms with Gasteiger partial charge in [-0.15, -0.1) is 0 Å². The number of nitriles is 2. The van der Waals surface area contributed by atoms with Gasteiger partial charge in [0.25, 0.3) is 6.47 Å². The summed E-state index contributed by atoms with van der Waals surface area (Å²) in [4.78, 5) is 9.60. The van der Waals surface area contributed by atoms with Crippen LogP contribution in [0.3, 0.4) is 0 Å². The highest BCUT2D eigenvalue weighted by atomic mass is 16.5. The second-order valence-electron chi connectivity index (χ2n) is 1.88. The van der Waals surface area contributed by atoms with Crippen molar-refractivity contribution in [3.8, 4) is 12.1 Å². The first kappa shape index (κ1) is 14.0. The van der Waals surface area contributed by atoms with E-state index in [4.69, 9.17) is 10.5 Å². The Balaban J connectivity index is 0. The maximum absolute atomic E-state index is 9.60. The van der Waals surface area contributed by atoms with Crippen molar-refractivity contribution in [3.05, 3.63) is 0 Å². The third-order valence-corrected chi connectivity index (χ3v) is 0.888. The number of ether oxygens (including phenoxy) is 1. The van der Waals surface area contributed by atoms with Gasteiger partial charge in [-0.25, -0.2) is 0 Å². The largest absolute Gasteiger partial charge is 0.468 e. The van der Waals surface area contributed by atoms with Crippen molar-refractivity contribution in [3.63, 3.8) is 0 Å². The predicted molar refractivity (Wildman–Crippen MR) is 46.4 cm³/mol. The Hall–Kier alpha value is -1.59. The standard InChI is InChI=1S/C6H10N2O2.C2H3N/c7-2-4-8-3-1-5-10-6-9;1-2-3/h6,8H,1,3-5H2;1H3. The van der Waals surface area contributed by atoms with E-state index in [2.05, 4.69) is 10.1 Å². The summed E-state index contributed by atoms with van der Waals surface area (Å²) in [6, 6.07) is 3.69. The molecule has 0 aliphatic carbocycles. The van der Waals surface area contributed by atoms with Gasteiger partial charge in [0.05, 0.1) is 25.3 Å². The van der Waals surface area contributed by atoms with Crippen molar-refractivity contribution in [1.82, 2.24) is 5.32 Å². The summed E-state index contributed by atoms with van der Waals surface area (Å²) in [5.74, 6) is 0. The van der Waals surface area contributed by atoms with Gasteiger partial charge in [-0.3, -0.25) is 4.79 Å². The summed E-state index contributed by atoms with van der Waals surface area (Å²) in [7, 11) is 0. The molecule has 5 nitrogen and oxygen atoms in total. The maximum Gasteiger partial charge on any atom is 0.293 e. The van der Waals surface area contributed by atoms with Crippen LogP contribution in [0.5, 0.6) is 0 Å². The third-order valence-electron chi connectivity index (χ3n) is 0.888. The molecule has 0 radical (unpaired) electrons. The van der Waals surface area contributed by atoms with Crippen LogP contribution in [0.25, 0.3) is 0 Å². The summed E-state index contributed by atoms with van der Waals surface area (Å²) in [5, 5.41) is 18.2. The Kier molecular flexibility index (Phi) is 18.0. The van der Waals surface area contributed by atoms with E-state index in [-0.39, 0.29) is 0 Å². The van der Waals surface area contributed by atoms with Crippen LogP contribution >= 0.6 is 0 Å². The van der Waals surface area contributed by atoms with Crippen LogP contribution in [0.2, 0.25) is 0 Å². The molecule has 0 atom stereocenters. The molecule has 0 saturated heterocycles. The molecule has 5 heteroatoms. The van der Waals surface area contributed by atoms with Gasteiger partial charge in [0.2, 0.25) is 0 Å². The highest BCUT2D eigenvalue weighted by Crippen LogP contribution is 1.75. The molecule has 0 rings (SSSR count). The van der Waals surface area contributed by atoms with Crippen LogP contribution in [0.4, 0.5) is 0 Å². The zero-order valence-electron chi connectivity index (χ0n) is 7.62. The second-order valence-corrected chi connectivity index (χ2v) is 1.88. The van der Waals surface area contributed by atoms with Crippen molar-refractivity contribution >= 4 is 6.47 Å². The van der Waals surface area contributed by atoms with Crippen molar-refractivity contribution in [2.24, 2.45) is 0 Å². The highest BCUT2D eigenvalue weighted by Gasteiger charge is 1.85. The predicted octanol–water partition coefficient (Wildman–Crippen LogP) is 0.193. The molecule has 0 aliphatic heterocycles. The van der Waals surface area contributed by atoms with E-state index in [1.54, 1.807) is 6.07 Å². The van der Waals surface area contributed by atoms with Gasteiger partial charge in [-0.2, -0.15) is 10.5 Å². The van der Waals surface area contributed by atoms with Crippen LogP contribution in [0.1, 0.15) is 13.3 Å². The first-order chi connectivity index (χ1) is 6.33.